The number of nitrogens with zero attached hydrogens (tertiary/aromatic N) is 1. The molecule has 3 aromatic rings. The van der Waals surface area contributed by atoms with Crippen LogP contribution < -0.4 is 10.0 Å². The molecule has 0 fully saturated rings. The molecule has 1 aromatic heterocycles. The summed E-state index contributed by atoms with van der Waals surface area (Å²) < 4.78 is 66.6. The van der Waals surface area contributed by atoms with Crippen LogP contribution >= 0.6 is 0 Å². The number of rotatable bonds is 6. The molecule has 0 saturated heterocycles. The average Bonchev–Trinajstić information content (AvgIpc) is 3.09. The Labute approximate surface area is 202 Å². The fourth-order valence-corrected chi connectivity index (χ4v) is 5.73. The second kappa shape index (κ2) is 9.71. The summed E-state index contributed by atoms with van der Waals surface area (Å²) in [6.45, 7) is 2.00. The van der Waals surface area contributed by atoms with Crippen molar-refractivity contribution < 1.29 is 22.2 Å². The number of aromatic nitrogens is 1. The Kier molecular flexibility index (Phi) is 6.86. The molecule has 0 saturated carbocycles. The molecule has 0 bridgehead atoms. The van der Waals surface area contributed by atoms with Crippen molar-refractivity contribution in [3.8, 4) is 0 Å². The lowest BCUT2D eigenvalue weighted by Gasteiger charge is -2.22. The normalized spacial score (nSPS) is 20.2. The molecule has 3 N–H and O–H groups in total. The maximum Gasteiger partial charge on any atom is 0.272 e. The molecule has 2 unspecified atom stereocenters. The zero-order chi connectivity index (χ0) is 25.3. The quantitative estimate of drug-likeness (QED) is 0.401. The van der Waals surface area contributed by atoms with E-state index in [2.05, 4.69) is 10.0 Å². The van der Waals surface area contributed by atoms with E-state index in [0.29, 0.717) is 12.1 Å². The minimum Gasteiger partial charge on any atom is -0.345 e. The maximum atomic E-state index is 13.6. The predicted molar refractivity (Wildman–Crippen MR) is 129 cm³/mol. The minimum absolute atomic E-state index is 0.0397. The first kappa shape index (κ1) is 24.7. The number of carbonyl (C=O) groups excluding carboxylic acids is 1. The fourth-order valence-electron chi connectivity index (χ4n) is 4.13. The molecule has 3 atom stereocenters. The first-order valence-corrected chi connectivity index (χ1v) is 12.6. The van der Waals surface area contributed by atoms with Crippen LogP contribution in [-0.4, -0.2) is 20.7 Å². The standard InChI is InChI=1S/C25H25F3N4O2S/c1-15(8-9-16-6-4-3-5-7-16)21-11-10-18-22(35(29,34)31-21)14-32(2)24(18)25(33)30-17-12-19(26)23(28)20(27)13-17/h3-7,10-15,21H,8-9H2,1-2H3,(H,30,33)(H2,29,31,34)/t15-,21?,35?/m0/s1. The van der Waals surface area contributed by atoms with Crippen LogP contribution in [0, 0.1) is 28.1 Å². The Bertz CT molecular complexity index is 1380. The van der Waals surface area contributed by atoms with Gasteiger partial charge in [0.15, 0.2) is 17.5 Å². The highest BCUT2D eigenvalue weighted by atomic mass is 32.2. The van der Waals surface area contributed by atoms with Crippen LogP contribution in [0.5, 0.6) is 0 Å². The van der Waals surface area contributed by atoms with Gasteiger partial charge < -0.3 is 9.88 Å². The van der Waals surface area contributed by atoms with E-state index in [1.165, 1.54) is 16.3 Å². The molecule has 0 aliphatic carbocycles. The molecular weight excluding hydrogens is 477 g/mol. The minimum atomic E-state index is -3.47. The van der Waals surface area contributed by atoms with Gasteiger partial charge in [-0.1, -0.05) is 49.4 Å². The summed E-state index contributed by atoms with van der Waals surface area (Å²) in [4.78, 5) is 13.1. The first-order chi connectivity index (χ1) is 16.6. The van der Waals surface area contributed by atoms with Gasteiger partial charge in [-0.25, -0.2) is 26.9 Å². The van der Waals surface area contributed by atoms with Crippen molar-refractivity contribution in [3.63, 3.8) is 0 Å². The molecule has 35 heavy (non-hydrogen) atoms. The molecule has 1 aliphatic heterocycles. The number of hydrogen-bond acceptors (Lipinski definition) is 3. The van der Waals surface area contributed by atoms with Gasteiger partial charge in [-0.3, -0.25) is 4.79 Å². The smallest absolute Gasteiger partial charge is 0.272 e. The number of anilines is 1. The van der Waals surface area contributed by atoms with Gasteiger partial charge in [0.25, 0.3) is 5.91 Å². The Morgan fingerprint density at radius 1 is 1.20 bits per heavy atom. The molecule has 6 nitrogen and oxygen atoms in total. The lowest BCUT2D eigenvalue weighted by molar-refractivity contribution is 0.101. The Morgan fingerprint density at radius 2 is 1.86 bits per heavy atom. The van der Waals surface area contributed by atoms with Crippen LogP contribution in [0.15, 0.2) is 59.6 Å². The predicted octanol–water partition coefficient (Wildman–Crippen LogP) is 5.27. The van der Waals surface area contributed by atoms with Crippen LogP contribution in [0.4, 0.5) is 18.9 Å². The molecule has 10 heteroatoms. The molecule has 1 aliphatic rings. The van der Waals surface area contributed by atoms with Gasteiger partial charge in [-0.05, 0) is 24.3 Å². The van der Waals surface area contributed by atoms with E-state index in [-0.39, 0.29) is 33.8 Å². The topological polar surface area (TPSA) is 87.0 Å². The van der Waals surface area contributed by atoms with Crippen LogP contribution in [0.3, 0.4) is 0 Å². The van der Waals surface area contributed by atoms with Crippen molar-refractivity contribution in [2.75, 3.05) is 5.32 Å². The number of benzene rings is 2. The van der Waals surface area contributed by atoms with Crippen molar-refractivity contribution in [2.24, 2.45) is 13.0 Å². The highest BCUT2D eigenvalue weighted by Crippen LogP contribution is 2.29. The third-order valence-electron chi connectivity index (χ3n) is 6.07. The van der Waals surface area contributed by atoms with Gasteiger partial charge >= 0.3 is 0 Å². The van der Waals surface area contributed by atoms with E-state index >= 15 is 0 Å². The van der Waals surface area contributed by atoms with Crippen LogP contribution in [0.1, 0.15) is 35.0 Å². The molecule has 0 spiro atoms. The number of nitrogens with one attached hydrogen (secondary N) is 3. The lowest BCUT2D eigenvalue weighted by Crippen LogP contribution is -2.36. The molecule has 2 aromatic carbocycles. The molecular formula is C25H25F3N4O2S. The van der Waals surface area contributed by atoms with Gasteiger partial charge in [-0.2, -0.15) is 0 Å². The molecule has 2 heterocycles. The summed E-state index contributed by atoms with van der Waals surface area (Å²) in [6.07, 6.45) is 6.46. The summed E-state index contributed by atoms with van der Waals surface area (Å²) in [7, 11) is -1.93. The van der Waals surface area contributed by atoms with Crippen LogP contribution in [0.2, 0.25) is 0 Å². The van der Waals surface area contributed by atoms with Crippen LogP contribution in [0.25, 0.3) is 6.08 Å². The Balaban J connectivity index is 1.60. The molecule has 184 valence electrons. The van der Waals surface area contributed by atoms with E-state index < -0.39 is 33.3 Å². The zero-order valence-corrected chi connectivity index (χ0v) is 20.0. The largest absolute Gasteiger partial charge is 0.345 e. The first-order valence-electron chi connectivity index (χ1n) is 11.0. The van der Waals surface area contributed by atoms with Gasteiger partial charge in [0.1, 0.15) is 15.6 Å². The zero-order valence-electron chi connectivity index (χ0n) is 19.1. The SMILES string of the molecule is C[C@@H](CCc1ccccc1)C1C=Cc2c(cn(C)c2C(=O)Nc2cc(F)c(F)c(F)c2)S(=N)(=O)N1. The summed E-state index contributed by atoms with van der Waals surface area (Å²) in [5.74, 6) is -5.20. The Hall–Kier alpha value is -3.37. The number of fused-ring (bicyclic) bond motifs is 1. The van der Waals surface area contributed by atoms with Crippen molar-refractivity contribution in [3.05, 3.63) is 89.0 Å². The average molecular weight is 503 g/mol. The number of halogens is 3. The van der Waals surface area contributed by atoms with E-state index in [4.69, 9.17) is 4.78 Å². The summed E-state index contributed by atoms with van der Waals surface area (Å²) in [5.41, 5.74) is 1.25. The molecule has 4 rings (SSSR count). The van der Waals surface area contributed by atoms with Crippen molar-refractivity contribution in [2.45, 2.75) is 30.7 Å². The number of hydrogen-bond donors (Lipinski definition) is 3. The van der Waals surface area contributed by atoms with Crippen molar-refractivity contribution in [1.82, 2.24) is 9.29 Å². The van der Waals surface area contributed by atoms with E-state index in [9.17, 15) is 22.2 Å². The number of carbonyl (C=O) groups is 1. The molecule has 0 radical (unpaired) electrons. The van der Waals surface area contributed by atoms with Gasteiger partial charge in [0, 0.05) is 42.7 Å². The van der Waals surface area contributed by atoms with E-state index in [1.54, 1.807) is 19.2 Å². The van der Waals surface area contributed by atoms with Gasteiger partial charge in [0.05, 0.1) is 4.90 Å². The summed E-state index contributed by atoms with van der Waals surface area (Å²) in [6, 6.07) is 10.9. The molecule has 1 amide bonds. The third-order valence-corrected chi connectivity index (χ3v) is 7.62. The highest BCUT2D eigenvalue weighted by molar-refractivity contribution is 7.90. The fraction of sp³-hybridized carbons (Fsp3) is 0.240. The van der Waals surface area contributed by atoms with Crippen molar-refractivity contribution >= 4 is 27.6 Å². The van der Waals surface area contributed by atoms with Crippen molar-refractivity contribution in [1.29, 1.82) is 4.78 Å². The van der Waals surface area contributed by atoms with Crippen LogP contribution in [-0.2, 0) is 23.4 Å². The summed E-state index contributed by atoms with van der Waals surface area (Å²) >= 11 is 0. The second-order valence-corrected chi connectivity index (χ2v) is 10.4. The van der Waals surface area contributed by atoms with Gasteiger partial charge in [-0.15, -0.1) is 0 Å². The number of amides is 1. The van der Waals surface area contributed by atoms with E-state index in [0.717, 1.165) is 12.8 Å². The Morgan fingerprint density at radius 3 is 2.51 bits per heavy atom. The number of aryl methyl sites for hydroxylation is 2. The highest BCUT2D eigenvalue weighted by Gasteiger charge is 2.30. The monoisotopic (exact) mass is 502 g/mol. The lowest BCUT2D eigenvalue weighted by atomic mass is 9.94. The second-order valence-electron chi connectivity index (χ2n) is 8.64. The van der Waals surface area contributed by atoms with Gasteiger partial charge in [0.2, 0.25) is 0 Å². The summed E-state index contributed by atoms with van der Waals surface area (Å²) in [5, 5.41) is 2.35. The maximum absolute atomic E-state index is 13.6. The third kappa shape index (κ3) is 5.18. The van der Waals surface area contributed by atoms with E-state index in [1.807, 2.05) is 37.3 Å².